The number of nitrogens with one attached hydrogen (secondary N) is 1. The fourth-order valence-electron chi connectivity index (χ4n) is 2.62. The van der Waals surface area contributed by atoms with E-state index in [1.807, 2.05) is 42.6 Å². The fraction of sp³-hybridized carbons (Fsp3) is 0.105. The van der Waals surface area contributed by atoms with Crippen LogP contribution in [-0.4, -0.2) is 16.0 Å². The van der Waals surface area contributed by atoms with E-state index in [0.717, 1.165) is 21.7 Å². The van der Waals surface area contributed by atoms with Crippen LogP contribution >= 0.6 is 11.3 Å². The molecule has 0 aliphatic carbocycles. The molecule has 0 fully saturated rings. The molecule has 2 aromatic heterocycles. The molecule has 0 radical (unpaired) electrons. The van der Waals surface area contributed by atoms with E-state index in [9.17, 15) is 4.79 Å². The summed E-state index contributed by atoms with van der Waals surface area (Å²) >= 11 is 1.56. The van der Waals surface area contributed by atoms with Crippen LogP contribution < -0.4 is 5.32 Å². The van der Waals surface area contributed by atoms with Crippen LogP contribution in [0.2, 0.25) is 0 Å². The molecule has 6 heteroatoms. The summed E-state index contributed by atoms with van der Waals surface area (Å²) < 4.78 is 5.36. The van der Waals surface area contributed by atoms with Crippen LogP contribution in [0.15, 0.2) is 58.4 Å². The molecule has 0 unspecified atom stereocenters. The molecule has 0 aliphatic rings. The molecule has 0 spiro atoms. The number of benzene rings is 2. The second-order valence-corrected chi connectivity index (χ2v) is 6.72. The van der Waals surface area contributed by atoms with Crippen molar-refractivity contribution in [1.82, 2.24) is 15.5 Å². The van der Waals surface area contributed by atoms with Crippen LogP contribution in [0.5, 0.6) is 0 Å². The molecule has 0 bridgehead atoms. The number of amides is 1. The molecule has 0 saturated carbocycles. The Morgan fingerprint density at radius 1 is 1.20 bits per heavy atom. The molecule has 1 amide bonds. The lowest BCUT2D eigenvalue weighted by Crippen LogP contribution is -2.22. The molecular weight excluding hydrogens is 334 g/mol. The third-order valence-electron chi connectivity index (χ3n) is 3.89. The zero-order valence-corrected chi connectivity index (χ0v) is 14.3. The van der Waals surface area contributed by atoms with Gasteiger partial charge in [-0.05, 0) is 30.7 Å². The van der Waals surface area contributed by atoms with Crippen LogP contribution in [0.1, 0.15) is 20.9 Å². The summed E-state index contributed by atoms with van der Waals surface area (Å²) in [5.74, 6) is -0.132. The maximum atomic E-state index is 12.5. The molecule has 0 aliphatic heterocycles. The van der Waals surface area contributed by atoms with Crippen molar-refractivity contribution < 1.29 is 9.32 Å². The van der Waals surface area contributed by atoms with Crippen molar-refractivity contribution in [1.29, 1.82) is 0 Å². The van der Waals surface area contributed by atoms with E-state index in [2.05, 4.69) is 15.5 Å². The van der Waals surface area contributed by atoms with Crippen LogP contribution in [0.25, 0.3) is 22.4 Å². The third-order valence-corrected chi connectivity index (χ3v) is 4.66. The van der Waals surface area contributed by atoms with Crippen molar-refractivity contribution in [3.05, 3.63) is 70.0 Å². The Labute approximate surface area is 148 Å². The standard InChI is InChI=1S/C19H15N3O2S/c1-12-21-16(11-25-12)18-15-9-14(7-8-17(15)24-22-18)19(23)20-10-13-5-3-2-4-6-13/h2-9,11H,10H2,1H3,(H,20,23). The highest BCUT2D eigenvalue weighted by molar-refractivity contribution is 7.09. The Bertz CT molecular complexity index is 1040. The van der Waals surface area contributed by atoms with Gasteiger partial charge in [-0.1, -0.05) is 35.5 Å². The van der Waals surface area contributed by atoms with Gasteiger partial charge in [-0.25, -0.2) is 4.98 Å². The largest absolute Gasteiger partial charge is 0.356 e. The Balaban J connectivity index is 1.61. The molecule has 2 heterocycles. The third kappa shape index (κ3) is 3.16. The highest BCUT2D eigenvalue weighted by Gasteiger charge is 2.15. The highest BCUT2D eigenvalue weighted by Crippen LogP contribution is 2.29. The lowest BCUT2D eigenvalue weighted by Gasteiger charge is -2.05. The summed E-state index contributed by atoms with van der Waals surface area (Å²) in [6.07, 6.45) is 0. The average Bonchev–Trinajstić information content (AvgIpc) is 3.25. The zero-order valence-electron chi connectivity index (χ0n) is 13.5. The van der Waals surface area contributed by atoms with Gasteiger partial charge in [0.2, 0.25) is 0 Å². The van der Waals surface area contributed by atoms with E-state index >= 15 is 0 Å². The summed E-state index contributed by atoms with van der Waals surface area (Å²) in [5.41, 5.74) is 3.70. The lowest BCUT2D eigenvalue weighted by atomic mass is 10.1. The number of aryl methyl sites for hydroxylation is 1. The van der Waals surface area contributed by atoms with E-state index in [0.29, 0.717) is 23.4 Å². The van der Waals surface area contributed by atoms with E-state index in [4.69, 9.17) is 4.52 Å². The Morgan fingerprint density at radius 2 is 2.04 bits per heavy atom. The first kappa shape index (κ1) is 15.5. The molecule has 124 valence electrons. The van der Waals surface area contributed by atoms with Gasteiger partial charge in [0.25, 0.3) is 5.91 Å². The second kappa shape index (κ2) is 6.49. The monoisotopic (exact) mass is 349 g/mol. The van der Waals surface area contributed by atoms with Crippen LogP contribution in [0, 0.1) is 6.92 Å². The van der Waals surface area contributed by atoms with Crippen molar-refractivity contribution >= 4 is 28.2 Å². The smallest absolute Gasteiger partial charge is 0.251 e. The molecule has 4 aromatic rings. The summed E-state index contributed by atoms with van der Waals surface area (Å²) in [5, 5.41) is 10.7. The molecule has 25 heavy (non-hydrogen) atoms. The fourth-order valence-corrected chi connectivity index (χ4v) is 3.21. The molecule has 5 nitrogen and oxygen atoms in total. The van der Waals surface area contributed by atoms with Crippen LogP contribution in [0.3, 0.4) is 0 Å². The first-order valence-electron chi connectivity index (χ1n) is 7.85. The molecule has 0 atom stereocenters. The van der Waals surface area contributed by atoms with Crippen molar-refractivity contribution in [2.24, 2.45) is 0 Å². The first-order chi connectivity index (χ1) is 12.2. The number of hydrogen-bond donors (Lipinski definition) is 1. The Morgan fingerprint density at radius 3 is 2.80 bits per heavy atom. The number of rotatable bonds is 4. The first-order valence-corrected chi connectivity index (χ1v) is 8.73. The van der Waals surface area contributed by atoms with E-state index in [1.54, 1.807) is 29.5 Å². The number of hydrogen-bond acceptors (Lipinski definition) is 5. The van der Waals surface area contributed by atoms with E-state index in [-0.39, 0.29) is 5.91 Å². The van der Waals surface area contributed by atoms with Gasteiger partial charge in [0.05, 0.1) is 10.4 Å². The van der Waals surface area contributed by atoms with Crippen molar-refractivity contribution in [2.75, 3.05) is 0 Å². The number of nitrogens with zero attached hydrogens (tertiary/aromatic N) is 2. The minimum absolute atomic E-state index is 0.132. The molecule has 1 N–H and O–H groups in total. The number of thiazole rings is 1. The van der Waals surface area contributed by atoms with E-state index in [1.165, 1.54) is 0 Å². The van der Waals surface area contributed by atoms with Gasteiger partial charge in [0, 0.05) is 17.5 Å². The number of fused-ring (bicyclic) bond motifs is 1. The summed E-state index contributed by atoms with van der Waals surface area (Å²) in [4.78, 5) is 16.9. The zero-order chi connectivity index (χ0) is 17.2. The topological polar surface area (TPSA) is 68.0 Å². The van der Waals surface area contributed by atoms with Gasteiger partial charge in [-0.15, -0.1) is 11.3 Å². The van der Waals surface area contributed by atoms with Crippen LogP contribution in [-0.2, 0) is 6.54 Å². The Kier molecular flexibility index (Phi) is 4.03. The second-order valence-electron chi connectivity index (χ2n) is 5.66. The highest BCUT2D eigenvalue weighted by atomic mass is 32.1. The molecular formula is C19H15N3O2S. The van der Waals surface area contributed by atoms with Crippen LogP contribution in [0.4, 0.5) is 0 Å². The Hall–Kier alpha value is -2.99. The van der Waals surface area contributed by atoms with Crippen molar-refractivity contribution in [3.8, 4) is 11.4 Å². The predicted octanol–water partition coefficient (Wildman–Crippen LogP) is 4.19. The quantitative estimate of drug-likeness (QED) is 0.600. The average molecular weight is 349 g/mol. The summed E-state index contributed by atoms with van der Waals surface area (Å²) in [7, 11) is 0. The minimum atomic E-state index is -0.132. The predicted molar refractivity (Wildman–Crippen MR) is 97.5 cm³/mol. The van der Waals surface area contributed by atoms with Gasteiger partial charge in [-0.2, -0.15) is 0 Å². The van der Waals surface area contributed by atoms with Gasteiger partial charge >= 0.3 is 0 Å². The van der Waals surface area contributed by atoms with E-state index < -0.39 is 0 Å². The van der Waals surface area contributed by atoms with Gasteiger partial charge in [0.1, 0.15) is 11.4 Å². The minimum Gasteiger partial charge on any atom is -0.356 e. The molecule has 0 saturated heterocycles. The number of carbonyl (C=O) groups excluding carboxylic acids is 1. The summed E-state index contributed by atoms with van der Waals surface area (Å²) in [6, 6.07) is 15.1. The molecule has 2 aromatic carbocycles. The maximum Gasteiger partial charge on any atom is 0.251 e. The van der Waals surface area contributed by atoms with Crippen molar-refractivity contribution in [2.45, 2.75) is 13.5 Å². The lowest BCUT2D eigenvalue weighted by molar-refractivity contribution is 0.0951. The van der Waals surface area contributed by atoms with Gasteiger partial charge < -0.3 is 9.84 Å². The normalized spacial score (nSPS) is 10.9. The number of aromatic nitrogens is 2. The van der Waals surface area contributed by atoms with Gasteiger partial charge in [-0.3, -0.25) is 4.79 Å². The number of carbonyl (C=O) groups is 1. The van der Waals surface area contributed by atoms with Gasteiger partial charge in [0.15, 0.2) is 5.58 Å². The maximum absolute atomic E-state index is 12.5. The molecule has 4 rings (SSSR count). The summed E-state index contributed by atoms with van der Waals surface area (Å²) in [6.45, 7) is 2.43. The SMILES string of the molecule is Cc1nc(-c2noc3ccc(C(=O)NCc4ccccc4)cc23)cs1. The van der Waals surface area contributed by atoms with Crippen molar-refractivity contribution in [3.63, 3.8) is 0 Å².